The van der Waals surface area contributed by atoms with Gasteiger partial charge in [-0.1, -0.05) is 20.8 Å². The van der Waals surface area contributed by atoms with Crippen molar-refractivity contribution in [1.82, 2.24) is 4.90 Å². The summed E-state index contributed by atoms with van der Waals surface area (Å²) in [4.78, 5) is 14.1. The molecule has 0 aliphatic carbocycles. The van der Waals surface area contributed by atoms with Crippen LogP contribution in [0.1, 0.15) is 47.5 Å². The number of nitrogens with two attached hydrogens (primary N) is 1. The molecule has 1 heterocycles. The Labute approximate surface area is 117 Å². The van der Waals surface area contributed by atoms with Gasteiger partial charge in [0.25, 0.3) is 0 Å². The molecule has 2 atom stereocenters. The lowest BCUT2D eigenvalue weighted by Gasteiger charge is -2.28. The van der Waals surface area contributed by atoms with Gasteiger partial charge in [-0.05, 0) is 44.6 Å². The van der Waals surface area contributed by atoms with Gasteiger partial charge < -0.3 is 15.4 Å². The maximum Gasteiger partial charge on any atom is 0.325 e. The van der Waals surface area contributed by atoms with Gasteiger partial charge in [-0.15, -0.1) is 0 Å². The van der Waals surface area contributed by atoms with E-state index < -0.39 is 5.54 Å². The van der Waals surface area contributed by atoms with Crippen molar-refractivity contribution in [1.29, 1.82) is 0 Å². The lowest BCUT2D eigenvalue weighted by Crippen LogP contribution is -2.48. The minimum Gasteiger partial charge on any atom is -0.465 e. The third-order valence-corrected chi connectivity index (χ3v) is 4.19. The number of likely N-dealkylation sites (tertiary alicyclic amines) is 1. The van der Waals surface area contributed by atoms with Gasteiger partial charge in [-0.25, -0.2) is 0 Å². The van der Waals surface area contributed by atoms with Crippen molar-refractivity contribution in [2.24, 2.45) is 17.1 Å². The van der Waals surface area contributed by atoms with Crippen LogP contribution in [0.25, 0.3) is 0 Å². The lowest BCUT2D eigenvalue weighted by atomic mass is 9.80. The van der Waals surface area contributed by atoms with Crippen LogP contribution in [0.5, 0.6) is 0 Å². The van der Waals surface area contributed by atoms with E-state index in [-0.39, 0.29) is 5.97 Å². The zero-order chi connectivity index (χ0) is 14.7. The van der Waals surface area contributed by atoms with Crippen LogP contribution in [0.15, 0.2) is 0 Å². The standard InChI is InChI=1S/C15H30N2O2/c1-6-19-13(18)15(5,16)8-10-17-9-7-12(11-17)14(2,3)4/h12H,6-11,16H2,1-5H3. The van der Waals surface area contributed by atoms with E-state index in [0.717, 1.165) is 25.6 Å². The molecule has 2 N–H and O–H groups in total. The fraction of sp³-hybridized carbons (Fsp3) is 0.933. The van der Waals surface area contributed by atoms with Crippen LogP contribution in [-0.2, 0) is 9.53 Å². The van der Waals surface area contributed by atoms with Gasteiger partial charge in [0, 0.05) is 13.1 Å². The van der Waals surface area contributed by atoms with Crippen molar-refractivity contribution in [3.05, 3.63) is 0 Å². The number of ether oxygens (including phenoxy) is 1. The number of hydrogen-bond acceptors (Lipinski definition) is 4. The Kier molecular flexibility index (Phi) is 5.39. The molecule has 0 aromatic carbocycles. The quantitative estimate of drug-likeness (QED) is 0.777. The van der Waals surface area contributed by atoms with E-state index in [4.69, 9.17) is 10.5 Å². The summed E-state index contributed by atoms with van der Waals surface area (Å²) in [5.41, 5.74) is 5.54. The molecule has 1 fully saturated rings. The summed E-state index contributed by atoms with van der Waals surface area (Å²) in [6, 6.07) is 0. The summed E-state index contributed by atoms with van der Waals surface area (Å²) >= 11 is 0. The Bertz CT molecular complexity index is 308. The van der Waals surface area contributed by atoms with Gasteiger partial charge >= 0.3 is 5.97 Å². The Morgan fingerprint density at radius 1 is 1.37 bits per heavy atom. The van der Waals surface area contributed by atoms with E-state index in [1.54, 1.807) is 6.92 Å². The second-order valence-electron chi connectivity index (χ2n) is 7.04. The van der Waals surface area contributed by atoms with Gasteiger partial charge in [0.15, 0.2) is 0 Å². The average molecular weight is 270 g/mol. The van der Waals surface area contributed by atoms with Crippen molar-refractivity contribution in [2.45, 2.75) is 53.0 Å². The molecule has 1 aliphatic rings. The zero-order valence-corrected chi connectivity index (χ0v) is 13.2. The molecule has 19 heavy (non-hydrogen) atoms. The van der Waals surface area contributed by atoms with Crippen molar-refractivity contribution in [3.8, 4) is 0 Å². The number of carbonyl (C=O) groups excluding carboxylic acids is 1. The lowest BCUT2D eigenvalue weighted by molar-refractivity contribution is -0.149. The molecule has 4 heteroatoms. The molecule has 112 valence electrons. The molecule has 0 radical (unpaired) electrons. The summed E-state index contributed by atoms with van der Waals surface area (Å²) in [5.74, 6) is 0.445. The molecule has 1 rings (SSSR count). The third-order valence-electron chi connectivity index (χ3n) is 4.19. The highest BCUT2D eigenvalue weighted by molar-refractivity contribution is 5.79. The van der Waals surface area contributed by atoms with Crippen molar-refractivity contribution >= 4 is 5.97 Å². The van der Waals surface area contributed by atoms with E-state index in [1.165, 1.54) is 6.42 Å². The largest absolute Gasteiger partial charge is 0.465 e. The molecule has 0 saturated carbocycles. The number of carbonyl (C=O) groups is 1. The molecule has 1 aliphatic heterocycles. The zero-order valence-electron chi connectivity index (χ0n) is 13.2. The number of esters is 1. The van der Waals surface area contributed by atoms with E-state index >= 15 is 0 Å². The van der Waals surface area contributed by atoms with Crippen molar-refractivity contribution in [3.63, 3.8) is 0 Å². The molecule has 4 nitrogen and oxygen atoms in total. The highest BCUT2D eigenvalue weighted by Gasteiger charge is 2.34. The third kappa shape index (κ3) is 4.77. The summed E-state index contributed by atoms with van der Waals surface area (Å²) in [6.45, 7) is 14.0. The molecule has 0 aromatic rings. The van der Waals surface area contributed by atoms with Gasteiger partial charge in [0.2, 0.25) is 0 Å². The molecule has 1 saturated heterocycles. The fourth-order valence-electron chi connectivity index (χ4n) is 2.53. The predicted octanol–water partition coefficient (Wildman–Crippen LogP) is 2.02. The van der Waals surface area contributed by atoms with Gasteiger partial charge in [0.1, 0.15) is 5.54 Å². The molecule has 0 bridgehead atoms. The second-order valence-corrected chi connectivity index (χ2v) is 7.04. The first-order valence-electron chi connectivity index (χ1n) is 7.35. The highest BCUT2D eigenvalue weighted by Crippen LogP contribution is 2.33. The topological polar surface area (TPSA) is 55.6 Å². The summed E-state index contributed by atoms with van der Waals surface area (Å²) in [5, 5.41) is 0. The Morgan fingerprint density at radius 2 is 2.00 bits per heavy atom. The predicted molar refractivity (Wildman–Crippen MR) is 77.8 cm³/mol. The summed E-state index contributed by atoms with van der Waals surface area (Å²) < 4.78 is 5.01. The van der Waals surface area contributed by atoms with Crippen LogP contribution in [0.2, 0.25) is 0 Å². The van der Waals surface area contributed by atoms with Gasteiger partial charge in [-0.3, -0.25) is 4.79 Å². The molecule has 0 spiro atoms. The normalized spacial score (nSPS) is 24.2. The first kappa shape index (κ1) is 16.4. The number of rotatable bonds is 5. The second kappa shape index (κ2) is 6.23. The Balaban J connectivity index is 2.40. The van der Waals surface area contributed by atoms with Gasteiger partial charge in [0.05, 0.1) is 6.61 Å². The van der Waals surface area contributed by atoms with E-state index in [2.05, 4.69) is 25.7 Å². The monoisotopic (exact) mass is 270 g/mol. The van der Waals surface area contributed by atoms with Crippen LogP contribution in [0, 0.1) is 11.3 Å². The van der Waals surface area contributed by atoms with Gasteiger partial charge in [-0.2, -0.15) is 0 Å². The van der Waals surface area contributed by atoms with E-state index in [9.17, 15) is 4.79 Å². The van der Waals surface area contributed by atoms with Crippen molar-refractivity contribution < 1.29 is 9.53 Å². The maximum atomic E-state index is 11.7. The number of hydrogen-bond donors (Lipinski definition) is 1. The van der Waals surface area contributed by atoms with Crippen LogP contribution in [-0.4, -0.2) is 42.6 Å². The SMILES string of the molecule is CCOC(=O)C(C)(N)CCN1CCC(C(C)(C)C)C1. The molecule has 0 amide bonds. The van der Waals surface area contributed by atoms with Crippen LogP contribution >= 0.6 is 0 Å². The fourth-order valence-corrected chi connectivity index (χ4v) is 2.53. The molecular formula is C15H30N2O2. The first-order chi connectivity index (χ1) is 8.66. The van der Waals surface area contributed by atoms with Crippen LogP contribution in [0.3, 0.4) is 0 Å². The minimum atomic E-state index is -0.865. The van der Waals surface area contributed by atoms with Crippen LogP contribution < -0.4 is 5.73 Å². The van der Waals surface area contributed by atoms with Crippen molar-refractivity contribution in [2.75, 3.05) is 26.2 Å². The summed E-state index contributed by atoms with van der Waals surface area (Å²) in [7, 11) is 0. The summed E-state index contributed by atoms with van der Waals surface area (Å²) in [6.07, 6.45) is 1.90. The highest BCUT2D eigenvalue weighted by atomic mass is 16.5. The Morgan fingerprint density at radius 3 is 2.47 bits per heavy atom. The molecule has 0 aromatic heterocycles. The Hall–Kier alpha value is -0.610. The van der Waals surface area contributed by atoms with E-state index in [1.807, 2.05) is 6.92 Å². The molecular weight excluding hydrogens is 240 g/mol. The number of nitrogens with zero attached hydrogens (tertiary/aromatic N) is 1. The van der Waals surface area contributed by atoms with E-state index in [0.29, 0.717) is 18.4 Å². The minimum absolute atomic E-state index is 0.290. The maximum absolute atomic E-state index is 11.7. The molecule has 2 unspecified atom stereocenters. The average Bonchev–Trinajstić information content (AvgIpc) is 2.75. The first-order valence-corrected chi connectivity index (χ1v) is 7.35. The van der Waals surface area contributed by atoms with Crippen LogP contribution in [0.4, 0.5) is 0 Å². The smallest absolute Gasteiger partial charge is 0.325 e.